The minimum absolute atomic E-state index is 0.00862. The molecule has 1 atom stereocenters. The van der Waals surface area contributed by atoms with Crippen molar-refractivity contribution in [3.8, 4) is 0 Å². The Bertz CT molecular complexity index is 1310. The molecule has 0 bridgehead atoms. The zero-order valence-electron chi connectivity index (χ0n) is 21.9. The van der Waals surface area contributed by atoms with Crippen molar-refractivity contribution < 1.29 is 22.4 Å². The van der Waals surface area contributed by atoms with E-state index in [0.717, 1.165) is 22.7 Å². The van der Waals surface area contributed by atoms with E-state index in [1.807, 2.05) is 13.8 Å². The highest BCUT2D eigenvalue weighted by Gasteiger charge is 2.32. The number of halogens is 1. The van der Waals surface area contributed by atoms with Gasteiger partial charge in [-0.2, -0.15) is 0 Å². The third-order valence-electron chi connectivity index (χ3n) is 6.20. The van der Waals surface area contributed by atoms with Crippen molar-refractivity contribution >= 4 is 27.5 Å². The summed E-state index contributed by atoms with van der Waals surface area (Å²) in [5, 5.41) is 2.84. The zero-order valence-corrected chi connectivity index (χ0v) is 22.7. The van der Waals surface area contributed by atoms with Crippen molar-refractivity contribution in [1.29, 1.82) is 0 Å². The molecule has 202 valence electrons. The monoisotopic (exact) mass is 539 g/mol. The van der Waals surface area contributed by atoms with E-state index in [1.165, 1.54) is 41.3 Å². The van der Waals surface area contributed by atoms with Crippen molar-refractivity contribution in [2.45, 2.75) is 51.1 Å². The molecular weight excluding hydrogens is 505 g/mol. The summed E-state index contributed by atoms with van der Waals surface area (Å²) in [6.45, 7) is 5.42. The van der Waals surface area contributed by atoms with Gasteiger partial charge in [0.15, 0.2) is 0 Å². The van der Waals surface area contributed by atoms with Gasteiger partial charge < -0.3 is 10.2 Å². The SMILES string of the molecule is CCCCNC(=O)[C@H](C)N(Cc1ccc(F)cc1)C(=O)CN(c1ccccc1)S(=O)(=O)c1ccc(C)cc1. The number of nitrogens with zero attached hydrogens (tertiary/aromatic N) is 2. The summed E-state index contributed by atoms with van der Waals surface area (Å²) in [5.74, 6) is -1.33. The van der Waals surface area contributed by atoms with E-state index in [9.17, 15) is 22.4 Å². The number of nitrogens with one attached hydrogen (secondary N) is 1. The second-order valence-corrected chi connectivity index (χ2v) is 11.0. The van der Waals surface area contributed by atoms with E-state index in [2.05, 4.69) is 5.32 Å². The maximum Gasteiger partial charge on any atom is 0.264 e. The summed E-state index contributed by atoms with van der Waals surface area (Å²) >= 11 is 0. The van der Waals surface area contributed by atoms with Crippen molar-refractivity contribution in [2.75, 3.05) is 17.4 Å². The average Bonchev–Trinajstić information content (AvgIpc) is 2.91. The lowest BCUT2D eigenvalue weighted by molar-refractivity contribution is -0.139. The van der Waals surface area contributed by atoms with Crippen molar-refractivity contribution in [1.82, 2.24) is 10.2 Å². The van der Waals surface area contributed by atoms with Crippen LogP contribution in [-0.4, -0.2) is 44.3 Å². The summed E-state index contributed by atoms with van der Waals surface area (Å²) in [6, 6.07) is 19.5. The minimum Gasteiger partial charge on any atom is -0.354 e. The lowest BCUT2D eigenvalue weighted by Gasteiger charge is -2.32. The van der Waals surface area contributed by atoms with Crippen LogP contribution in [0.15, 0.2) is 83.8 Å². The highest BCUT2D eigenvalue weighted by atomic mass is 32.2. The number of unbranched alkanes of at least 4 members (excludes halogenated alkanes) is 1. The number of benzene rings is 3. The lowest BCUT2D eigenvalue weighted by Crippen LogP contribution is -2.51. The van der Waals surface area contributed by atoms with Crippen LogP contribution in [0, 0.1) is 12.7 Å². The van der Waals surface area contributed by atoms with Gasteiger partial charge >= 0.3 is 0 Å². The van der Waals surface area contributed by atoms with E-state index in [1.54, 1.807) is 49.4 Å². The Kier molecular flexibility index (Phi) is 10.0. The molecule has 7 nitrogen and oxygen atoms in total. The largest absolute Gasteiger partial charge is 0.354 e. The zero-order chi connectivity index (χ0) is 27.7. The predicted octanol–water partition coefficient (Wildman–Crippen LogP) is 4.66. The second kappa shape index (κ2) is 13.2. The smallest absolute Gasteiger partial charge is 0.264 e. The van der Waals surface area contributed by atoms with Crippen LogP contribution in [-0.2, 0) is 26.2 Å². The Balaban J connectivity index is 1.96. The number of para-hydroxylation sites is 1. The first-order valence-corrected chi connectivity index (χ1v) is 14.0. The number of hydrogen-bond donors (Lipinski definition) is 1. The molecule has 0 fully saturated rings. The molecule has 38 heavy (non-hydrogen) atoms. The molecule has 0 unspecified atom stereocenters. The highest BCUT2D eigenvalue weighted by Crippen LogP contribution is 2.24. The van der Waals surface area contributed by atoms with Crippen LogP contribution >= 0.6 is 0 Å². The molecule has 9 heteroatoms. The fourth-order valence-corrected chi connectivity index (χ4v) is 5.28. The van der Waals surface area contributed by atoms with Crippen LogP contribution in [0.4, 0.5) is 10.1 Å². The molecular formula is C29H34FN3O4S. The molecule has 0 aliphatic rings. The number of aryl methyl sites for hydroxylation is 1. The molecule has 3 aromatic carbocycles. The van der Waals surface area contributed by atoms with Crippen LogP contribution in [0.5, 0.6) is 0 Å². The van der Waals surface area contributed by atoms with E-state index in [-0.39, 0.29) is 17.3 Å². The molecule has 0 radical (unpaired) electrons. The summed E-state index contributed by atoms with van der Waals surface area (Å²) < 4.78 is 42.0. The molecule has 0 saturated carbocycles. The Hall–Kier alpha value is -3.72. The van der Waals surface area contributed by atoms with Gasteiger partial charge in [-0.25, -0.2) is 12.8 Å². The van der Waals surface area contributed by atoms with Crippen LogP contribution < -0.4 is 9.62 Å². The summed E-state index contributed by atoms with van der Waals surface area (Å²) in [4.78, 5) is 28.1. The highest BCUT2D eigenvalue weighted by molar-refractivity contribution is 7.92. The fraction of sp³-hybridized carbons (Fsp3) is 0.310. The standard InChI is InChI=1S/C29H34FN3O4S/c1-4-5-19-31-29(35)23(3)32(20-24-13-15-25(30)16-14-24)28(34)21-33(26-9-7-6-8-10-26)38(36,37)27-17-11-22(2)12-18-27/h6-18,23H,4-5,19-21H2,1-3H3,(H,31,35)/t23-/m0/s1. The molecule has 0 aromatic heterocycles. The van der Waals surface area contributed by atoms with Gasteiger partial charge in [-0.1, -0.05) is 61.4 Å². The number of carbonyl (C=O) groups excluding carboxylic acids is 2. The topological polar surface area (TPSA) is 86.8 Å². The Morgan fingerprint density at radius 2 is 1.58 bits per heavy atom. The van der Waals surface area contributed by atoms with Crippen molar-refractivity contribution in [3.63, 3.8) is 0 Å². The van der Waals surface area contributed by atoms with Crippen LogP contribution in [0.3, 0.4) is 0 Å². The maximum atomic E-state index is 13.8. The maximum absolute atomic E-state index is 13.8. The average molecular weight is 540 g/mol. The Morgan fingerprint density at radius 3 is 2.18 bits per heavy atom. The minimum atomic E-state index is -4.11. The van der Waals surface area contributed by atoms with Gasteiger partial charge in [-0.05, 0) is 62.2 Å². The lowest BCUT2D eigenvalue weighted by atomic mass is 10.1. The molecule has 0 spiro atoms. The van der Waals surface area contributed by atoms with Gasteiger partial charge in [-0.3, -0.25) is 13.9 Å². The van der Waals surface area contributed by atoms with Gasteiger partial charge in [0.2, 0.25) is 11.8 Å². The first-order valence-electron chi connectivity index (χ1n) is 12.6. The van der Waals surface area contributed by atoms with E-state index in [4.69, 9.17) is 0 Å². The van der Waals surface area contributed by atoms with Crippen molar-refractivity contribution in [2.24, 2.45) is 0 Å². The number of rotatable bonds is 12. The molecule has 0 saturated heterocycles. The first-order chi connectivity index (χ1) is 18.1. The molecule has 3 aromatic rings. The van der Waals surface area contributed by atoms with Gasteiger partial charge in [-0.15, -0.1) is 0 Å². The van der Waals surface area contributed by atoms with Gasteiger partial charge in [0, 0.05) is 13.1 Å². The van der Waals surface area contributed by atoms with Crippen LogP contribution in [0.2, 0.25) is 0 Å². The first kappa shape index (κ1) is 28.8. The normalized spacial score (nSPS) is 12.0. The third kappa shape index (κ3) is 7.41. The quantitative estimate of drug-likeness (QED) is 0.339. The van der Waals surface area contributed by atoms with Gasteiger partial charge in [0.1, 0.15) is 18.4 Å². The molecule has 1 N–H and O–H groups in total. The van der Waals surface area contributed by atoms with Crippen molar-refractivity contribution in [3.05, 3.63) is 95.8 Å². The second-order valence-electron chi connectivity index (χ2n) is 9.13. The third-order valence-corrected chi connectivity index (χ3v) is 7.98. The Morgan fingerprint density at radius 1 is 0.947 bits per heavy atom. The van der Waals surface area contributed by atoms with Gasteiger partial charge in [0.05, 0.1) is 10.6 Å². The Labute approximate surface area is 224 Å². The van der Waals surface area contributed by atoms with E-state index in [0.29, 0.717) is 17.8 Å². The molecule has 2 amide bonds. The van der Waals surface area contributed by atoms with E-state index < -0.39 is 34.3 Å². The number of sulfonamides is 1. The van der Waals surface area contributed by atoms with Crippen LogP contribution in [0.1, 0.15) is 37.8 Å². The molecule has 0 aliphatic heterocycles. The number of anilines is 1. The molecule has 0 heterocycles. The number of carbonyl (C=O) groups is 2. The van der Waals surface area contributed by atoms with E-state index >= 15 is 0 Å². The molecule has 0 aliphatic carbocycles. The van der Waals surface area contributed by atoms with Gasteiger partial charge in [0.25, 0.3) is 10.0 Å². The summed E-state index contributed by atoms with van der Waals surface area (Å²) in [6.07, 6.45) is 1.69. The molecule has 3 rings (SSSR count). The summed E-state index contributed by atoms with van der Waals surface area (Å²) in [7, 11) is -4.11. The predicted molar refractivity (Wildman–Crippen MR) is 146 cm³/mol. The number of hydrogen-bond acceptors (Lipinski definition) is 4. The fourth-order valence-electron chi connectivity index (χ4n) is 3.87. The van der Waals surface area contributed by atoms with Crippen LogP contribution in [0.25, 0.3) is 0 Å². The number of amides is 2. The summed E-state index contributed by atoms with van der Waals surface area (Å²) in [5.41, 5.74) is 1.84.